The maximum atomic E-state index is 13.1. The summed E-state index contributed by atoms with van der Waals surface area (Å²) in [7, 11) is 0. The van der Waals surface area contributed by atoms with Crippen molar-refractivity contribution in [3.05, 3.63) is 69.9 Å². The van der Waals surface area contributed by atoms with Crippen LogP contribution in [-0.2, 0) is 0 Å². The van der Waals surface area contributed by atoms with E-state index in [1.54, 1.807) is 11.0 Å². The van der Waals surface area contributed by atoms with Crippen molar-refractivity contribution in [1.29, 1.82) is 0 Å². The standard InChI is InChI=1S/C23H25N3O3/c1-13-5-7-16(8-6-13)22-19-20(18-15(3)11-14(2)12-17(18)28)24-25-21(19)23(29)26(22)9-4-10-27/h5-8,11-12,22,27-28H,4,9-10H2,1-3H3,(H,24,25). The van der Waals surface area contributed by atoms with Crippen LogP contribution in [0.5, 0.6) is 5.75 Å². The third-order valence-electron chi connectivity index (χ3n) is 5.51. The maximum absolute atomic E-state index is 13.1. The normalized spacial score (nSPS) is 15.8. The number of rotatable bonds is 5. The Hall–Kier alpha value is -3.12. The fourth-order valence-electron chi connectivity index (χ4n) is 4.21. The third kappa shape index (κ3) is 3.19. The van der Waals surface area contributed by atoms with Gasteiger partial charge in [0.1, 0.15) is 17.1 Å². The molecule has 4 rings (SSSR count). The van der Waals surface area contributed by atoms with Crippen molar-refractivity contribution in [3.8, 4) is 17.0 Å². The minimum Gasteiger partial charge on any atom is -0.507 e. The molecule has 1 unspecified atom stereocenters. The van der Waals surface area contributed by atoms with Gasteiger partial charge in [-0.25, -0.2) is 0 Å². The fourth-order valence-corrected chi connectivity index (χ4v) is 4.21. The van der Waals surface area contributed by atoms with Crippen molar-refractivity contribution >= 4 is 5.91 Å². The predicted molar refractivity (Wildman–Crippen MR) is 111 cm³/mol. The number of nitrogens with zero attached hydrogens (tertiary/aromatic N) is 2. The Labute approximate surface area is 169 Å². The van der Waals surface area contributed by atoms with Gasteiger partial charge in [0.15, 0.2) is 0 Å². The molecule has 29 heavy (non-hydrogen) atoms. The van der Waals surface area contributed by atoms with Crippen molar-refractivity contribution in [1.82, 2.24) is 15.1 Å². The number of amides is 1. The van der Waals surface area contributed by atoms with Gasteiger partial charge < -0.3 is 15.1 Å². The minimum atomic E-state index is -0.321. The first-order valence-corrected chi connectivity index (χ1v) is 9.79. The number of phenolic OH excluding ortho intramolecular Hbond substituents is 1. The van der Waals surface area contributed by atoms with Crippen LogP contribution in [0.1, 0.15) is 50.8 Å². The summed E-state index contributed by atoms with van der Waals surface area (Å²) in [6.45, 7) is 6.34. The van der Waals surface area contributed by atoms with Gasteiger partial charge in [0.05, 0.1) is 6.04 Å². The van der Waals surface area contributed by atoms with Crippen LogP contribution in [0.15, 0.2) is 36.4 Å². The Balaban J connectivity index is 1.91. The number of benzene rings is 2. The fraction of sp³-hybridized carbons (Fsp3) is 0.304. The molecule has 1 aliphatic rings. The molecule has 0 fully saturated rings. The summed E-state index contributed by atoms with van der Waals surface area (Å²) in [5.74, 6) is 0.0164. The maximum Gasteiger partial charge on any atom is 0.273 e. The number of carbonyl (C=O) groups is 1. The highest BCUT2D eigenvalue weighted by atomic mass is 16.3. The number of aromatic nitrogens is 2. The highest BCUT2D eigenvalue weighted by Gasteiger charge is 2.42. The molecule has 1 aromatic heterocycles. The summed E-state index contributed by atoms with van der Waals surface area (Å²) in [4.78, 5) is 14.9. The van der Waals surface area contributed by atoms with E-state index in [0.29, 0.717) is 29.9 Å². The first-order valence-electron chi connectivity index (χ1n) is 9.79. The highest BCUT2D eigenvalue weighted by molar-refractivity contribution is 6.00. The second-order valence-corrected chi connectivity index (χ2v) is 7.73. The Morgan fingerprint density at radius 3 is 2.48 bits per heavy atom. The average Bonchev–Trinajstić information content (AvgIpc) is 3.20. The number of aryl methyl sites for hydroxylation is 3. The van der Waals surface area contributed by atoms with Gasteiger partial charge >= 0.3 is 0 Å². The number of aliphatic hydroxyl groups excluding tert-OH is 1. The molecule has 0 bridgehead atoms. The summed E-state index contributed by atoms with van der Waals surface area (Å²) in [6, 6.07) is 11.5. The largest absolute Gasteiger partial charge is 0.507 e. The molecule has 0 saturated carbocycles. The van der Waals surface area contributed by atoms with Crippen molar-refractivity contribution < 1.29 is 15.0 Å². The average molecular weight is 391 g/mol. The number of carbonyl (C=O) groups excluding carboxylic acids is 1. The van der Waals surface area contributed by atoms with E-state index in [1.807, 2.05) is 51.1 Å². The van der Waals surface area contributed by atoms with E-state index < -0.39 is 0 Å². The topological polar surface area (TPSA) is 89.5 Å². The summed E-state index contributed by atoms with van der Waals surface area (Å²) in [5, 5.41) is 27.3. The molecule has 2 heterocycles. The summed E-state index contributed by atoms with van der Waals surface area (Å²) in [5.41, 5.74) is 6.45. The number of aromatic hydroxyl groups is 1. The van der Waals surface area contributed by atoms with Gasteiger partial charge in [-0.1, -0.05) is 35.9 Å². The van der Waals surface area contributed by atoms with Gasteiger partial charge in [-0.05, 0) is 49.9 Å². The lowest BCUT2D eigenvalue weighted by molar-refractivity contribution is 0.0732. The van der Waals surface area contributed by atoms with Crippen molar-refractivity contribution in [3.63, 3.8) is 0 Å². The molecule has 0 saturated heterocycles. The lowest BCUT2D eigenvalue weighted by Gasteiger charge is -2.26. The van der Waals surface area contributed by atoms with E-state index in [4.69, 9.17) is 0 Å². The number of hydrogen-bond acceptors (Lipinski definition) is 4. The van der Waals surface area contributed by atoms with Gasteiger partial charge in [-0.2, -0.15) is 5.10 Å². The zero-order valence-corrected chi connectivity index (χ0v) is 16.9. The molecule has 3 aromatic rings. The lowest BCUT2D eigenvalue weighted by atomic mass is 9.93. The SMILES string of the molecule is Cc1ccc(C2c3c(-c4c(C)cc(C)cc4O)n[nH]c3C(=O)N2CCCO)cc1. The number of aromatic amines is 1. The quantitative estimate of drug-likeness (QED) is 0.619. The lowest BCUT2D eigenvalue weighted by Crippen LogP contribution is -2.31. The monoisotopic (exact) mass is 391 g/mol. The molecule has 1 atom stereocenters. The smallest absolute Gasteiger partial charge is 0.273 e. The van der Waals surface area contributed by atoms with E-state index in [9.17, 15) is 15.0 Å². The number of H-pyrrole nitrogens is 1. The Bertz CT molecular complexity index is 1050. The first kappa shape index (κ1) is 19.2. The molecule has 1 aliphatic heterocycles. The van der Waals surface area contributed by atoms with E-state index in [-0.39, 0.29) is 24.3 Å². The molecule has 0 spiro atoms. The zero-order valence-electron chi connectivity index (χ0n) is 16.9. The van der Waals surface area contributed by atoms with Gasteiger partial charge in [-0.3, -0.25) is 9.89 Å². The van der Waals surface area contributed by atoms with Crippen molar-refractivity contribution in [2.75, 3.05) is 13.2 Å². The summed E-state index contributed by atoms with van der Waals surface area (Å²) in [6.07, 6.45) is 0.496. The molecule has 0 aliphatic carbocycles. The van der Waals surface area contributed by atoms with E-state index in [2.05, 4.69) is 10.2 Å². The molecule has 2 aromatic carbocycles. The van der Waals surface area contributed by atoms with Gasteiger partial charge in [0.2, 0.25) is 0 Å². The third-order valence-corrected chi connectivity index (χ3v) is 5.51. The minimum absolute atomic E-state index is 0.0152. The van der Waals surface area contributed by atoms with Crippen LogP contribution in [-0.4, -0.2) is 44.4 Å². The summed E-state index contributed by atoms with van der Waals surface area (Å²) < 4.78 is 0. The Kier molecular flexibility index (Phi) is 4.88. The van der Waals surface area contributed by atoms with Crippen LogP contribution in [0.25, 0.3) is 11.3 Å². The van der Waals surface area contributed by atoms with E-state index in [0.717, 1.165) is 27.8 Å². The van der Waals surface area contributed by atoms with Gasteiger partial charge in [0.25, 0.3) is 5.91 Å². The summed E-state index contributed by atoms with van der Waals surface area (Å²) >= 11 is 0. The van der Waals surface area contributed by atoms with E-state index >= 15 is 0 Å². The van der Waals surface area contributed by atoms with Crippen LogP contribution in [0.4, 0.5) is 0 Å². The Morgan fingerprint density at radius 2 is 1.83 bits per heavy atom. The predicted octanol–water partition coefficient (Wildman–Crippen LogP) is 3.64. The van der Waals surface area contributed by atoms with Crippen LogP contribution >= 0.6 is 0 Å². The molecular weight excluding hydrogens is 366 g/mol. The first-order chi connectivity index (χ1) is 13.9. The van der Waals surface area contributed by atoms with Crippen molar-refractivity contribution in [2.24, 2.45) is 0 Å². The zero-order chi connectivity index (χ0) is 20.7. The van der Waals surface area contributed by atoms with Crippen LogP contribution in [0, 0.1) is 20.8 Å². The number of nitrogens with one attached hydrogen (secondary N) is 1. The molecule has 1 amide bonds. The number of hydrogen-bond donors (Lipinski definition) is 3. The molecule has 0 radical (unpaired) electrons. The van der Waals surface area contributed by atoms with Crippen molar-refractivity contribution in [2.45, 2.75) is 33.2 Å². The van der Waals surface area contributed by atoms with E-state index in [1.165, 1.54) is 0 Å². The number of phenols is 1. The van der Waals surface area contributed by atoms with Crippen LogP contribution in [0.3, 0.4) is 0 Å². The second kappa shape index (κ2) is 7.37. The number of fused-ring (bicyclic) bond motifs is 1. The van der Waals surface area contributed by atoms with Gasteiger partial charge in [0, 0.05) is 24.3 Å². The molecule has 6 nitrogen and oxygen atoms in total. The highest BCUT2D eigenvalue weighted by Crippen LogP contribution is 2.45. The second-order valence-electron chi connectivity index (χ2n) is 7.73. The van der Waals surface area contributed by atoms with Gasteiger partial charge in [-0.15, -0.1) is 0 Å². The Morgan fingerprint density at radius 1 is 1.10 bits per heavy atom. The molecular formula is C23H25N3O3. The molecule has 150 valence electrons. The van der Waals surface area contributed by atoms with Crippen LogP contribution in [0.2, 0.25) is 0 Å². The molecule has 3 N–H and O–H groups in total. The molecule has 6 heteroatoms. The van der Waals surface area contributed by atoms with Crippen LogP contribution < -0.4 is 0 Å². The number of aliphatic hydroxyl groups is 1.